The molecule has 2 rings (SSSR count). The van der Waals surface area contributed by atoms with E-state index in [1.807, 2.05) is 25.0 Å². The van der Waals surface area contributed by atoms with Gasteiger partial charge in [-0.05, 0) is 26.8 Å². The molecular formula is C14H25N3O. The summed E-state index contributed by atoms with van der Waals surface area (Å²) in [5, 5.41) is 7.74. The number of rotatable bonds is 5. The Morgan fingerprint density at radius 2 is 2.17 bits per heavy atom. The largest absolute Gasteiger partial charge is 0.373 e. The number of hydrogen-bond donors (Lipinski definition) is 1. The Hall–Kier alpha value is -0.870. The first kappa shape index (κ1) is 13.6. The number of ether oxygens (including phenoxy) is 1. The van der Waals surface area contributed by atoms with E-state index in [-0.39, 0.29) is 11.6 Å². The fourth-order valence-electron chi connectivity index (χ4n) is 3.28. The Bertz CT molecular complexity index is 363. The standard InChI is InChI=1S/C14H25N3O/c1-4-18-14(8-6-5-7-9-14)13(15-2)12-10-16-17(3)11-12/h10-11,13,15H,4-9H2,1-3H3. The van der Waals surface area contributed by atoms with E-state index < -0.39 is 0 Å². The molecule has 0 saturated heterocycles. The second kappa shape index (κ2) is 5.85. The first-order valence-corrected chi connectivity index (χ1v) is 7.01. The molecule has 0 amide bonds. The minimum absolute atomic E-state index is 0.0508. The van der Waals surface area contributed by atoms with Gasteiger partial charge in [-0.3, -0.25) is 4.68 Å². The summed E-state index contributed by atoms with van der Waals surface area (Å²) in [7, 11) is 3.98. The molecule has 1 aliphatic rings. The SMILES string of the molecule is CCOC1(C(NC)c2cnn(C)c2)CCCCC1. The third-order valence-corrected chi connectivity index (χ3v) is 4.00. The Balaban J connectivity index is 2.26. The van der Waals surface area contributed by atoms with E-state index in [2.05, 4.69) is 23.5 Å². The summed E-state index contributed by atoms with van der Waals surface area (Å²) in [4.78, 5) is 0. The van der Waals surface area contributed by atoms with Crippen LogP contribution < -0.4 is 5.32 Å². The van der Waals surface area contributed by atoms with Gasteiger partial charge in [0.05, 0.1) is 17.8 Å². The average molecular weight is 251 g/mol. The van der Waals surface area contributed by atoms with Crippen LogP contribution in [0, 0.1) is 0 Å². The van der Waals surface area contributed by atoms with Gasteiger partial charge in [0.15, 0.2) is 0 Å². The van der Waals surface area contributed by atoms with Crippen LogP contribution in [0.1, 0.15) is 50.6 Å². The fourth-order valence-corrected chi connectivity index (χ4v) is 3.28. The maximum Gasteiger partial charge on any atom is 0.0877 e. The molecule has 0 bridgehead atoms. The molecule has 1 N–H and O–H groups in total. The number of hydrogen-bond acceptors (Lipinski definition) is 3. The lowest BCUT2D eigenvalue weighted by molar-refractivity contribution is -0.0898. The average Bonchev–Trinajstić information content (AvgIpc) is 2.78. The van der Waals surface area contributed by atoms with E-state index in [9.17, 15) is 0 Å². The number of likely N-dealkylation sites (N-methyl/N-ethyl adjacent to an activating group) is 1. The maximum absolute atomic E-state index is 6.19. The van der Waals surface area contributed by atoms with Gasteiger partial charge in [-0.25, -0.2) is 0 Å². The quantitative estimate of drug-likeness (QED) is 0.873. The first-order chi connectivity index (χ1) is 8.72. The van der Waals surface area contributed by atoms with Crippen LogP contribution in [0.3, 0.4) is 0 Å². The highest BCUT2D eigenvalue weighted by molar-refractivity contribution is 5.16. The van der Waals surface area contributed by atoms with Crippen LogP contribution in [0.25, 0.3) is 0 Å². The molecule has 4 nitrogen and oxygen atoms in total. The molecule has 1 aliphatic carbocycles. The summed E-state index contributed by atoms with van der Waals surface area (Å²) in [6.07, 6.45) is 10.2. The van der Waals surface area contributed by atoms with E-state index in [4.69, 9.17) is 4.74 Å². The van der Waals surface area contributed by atoms with Gasteiger partial charge in [-0.15, -0.1) is 0 Å². The normalized spacial score (nSPS) is 20.8. The van der Waals surface area contributed by atoms with Crippen LogP contribution >= 0.6 is 0 Å². The summed E-state index contributed by atoms with van der Waals surface area (Å²) >= 11 is 0. The van der Waals surface area contributed by atoms with Gasteiger partial charge in [0, 0.05) is 25.4 Å². The summed E-state index contributed by atoms with van der Waals surface area (Å²) in [5.41, 5.74) is 1.18. The number of aromatic nitrogens is 2. The van der Waals surface area contributed by atoms with Crippen molar-refractivity contribution in [1.29, 1.82) is 0 Å². The molecule has 1 unspecified atom stereocenters. The molecule has 1 saturated carbocycles. The second-order valence-electron chi connectivity index (χ2n) is 5.23. The van der Waals surface area contributed by atoms with Crippen molar-refractivity contribution in [3.05, 3.63) is 18.0 Å². The summed E-state index contributed by atoms with van der Waals surface area (Å²) < 4.78 is 8.05. The molecule has 0 aromatic carbocycles. The molecule has 1 aromatic heterocycles. The molecule has 0 spiro atoms. The van der Waals surface area contributed by atoms with Gasteiger partial charge in [0.25, 0.3) is 0 Å². The van der Waals surface area contributed by atoms with E-state index >= 15 is 0 Å². The third kappa shape index (κ3) is 2.59. The van der Waals surface area contributed by atoms with Crippen LogP contribution in [0.4, 0.5) is 0 Å². The van der Waals surface area contributed by atoms with Gasteiger partial charge >= 0.3 is 0 Å². The number of nitrogens with one attached hydrogen (secondary N) is 1. The highest BCUT2D eigenvalue weighted by Gasteiger charge is 2.41. The van der Waals surface area contributed by atoms with Gasteiger partial charge in [-0.1, -0.05) is 19.3 Å². The maximum atomic E-state index is 6.19. The van der Waals surface area contributed by atoms with E-state index in [0.29, 0.717) is 0 Å². The molecule has 1 atom stereocenters. The van der Waals surface area contributed by atoms with Crippen LogP contribution in [0.15, 0.2) is 12.4 Å². The highest BCUT2D eigenvalue weighted by Crippen LogP contribution is 2.41. The van der Waals surface area contributed by atoms with Crippen molar-refractivity contribution >= 4 is 0 Å². The summed E-state index contributed by atoms with van der Waals surface area (Å²) in [5.74, 6) is 0. The van der Waals surface area contributed by atoms with Crippen molar-refractivity contribution in [2.24, 2.45) is 7.05 Å². The van der Waals surface area contributed by atoms with Gasteiger partial charge in [-0.2, -0.15) is 5.10 Å². The van der Waals surface area contributed by atoms with E-state index in [1.54, 1.807) is 0 Å². The lowest BCUT2D eigenvalue weighted by atomic mass is 9.77. The molecule has 1 heterocycles. The zero-order valence-electron chi connectivity index (χ0n) is 11.8. The summed E-state index contributed by atoms with van der Waals surface area (Å²) in [6.45, 7) is 2.87. The van der Waals surface area contributed by atoms with Crippen molar-refractivity contribution in [1.82, 2.24) is 15.1 Å². The van der Waals surface area contributed by atoms with Crippen LogP contribution in [0.5, 0.6) is 0 Å². The lowest BCUT2D eigenvalue weighted by Crippen LogP contribution is -2.46. The Labute approximate surface area is 110 Å². The smallest absolute Gasteiger partial charge is 0.0877 e. The molecule has 1 aromatic rings. The second-order valence-corrected chi connectivity index (χ2v) is 5.23. The Kier molecular flexibility index (Phi) is 4.40. The zero-order valence-corrected chi connectivity index (χ0v) is 11.8. The van der Waals surface area contributed by atoms with E-state index in [1.165, 1.54) is 24.8 Å². The molecule has 0 radical (unpaired) electrons. The monoisotopic (exact) mass is 251 g/mol. The molecule has 0 aliphatic heterocycles. The highest BCUT2D eigenvalue weighted by atomic mass is 16.5. The minimum atomic E-state index is -0.0508. The van der Waals surface area contributed by atoms with E-state index in [0.717, 1.165) is 19.4 Å². The molecule has 102 valence electrons. The summed E-state index contributed by atoms with van der Waals surface area (Å²) in [6, 6.07) is 0.242. The predicted molar refractivity (Wildman–Crippen MR) is 72.5 cm³/mol. The lowest BCUT2D eigenvalue weighted by Gasteiger charge is -2.43. The van der Waals surface area contributed by atoms with Crippen LogP contribution in [0.2, 0.25) is 0 Å². The molecule has 4 heteroatoms. The number of aryl methyl sites for hydroxylation is 1. The van der Waals surface area contributed by atoms with Crippen molar-refractivity contribution in [2.75, 3.05) is 13.7 Å². The predicted octanol–water partition coefficient (Wildman–Crippen LogP) is 2.42. The Morgan fingerprint density at radius 3 is 2.67 bits per heavy atom. The minimum Gasteiger partial charge on any atom is -0.373 e. The zero-order chi connectivity index (χ0) is 13.0. The molecule has 18 heavy (non-hydrogen) atoms. The van der Waals surface area contributed by atoms with Crippen LogP contribution in [-0.2, 0) is 11.8 Å². The van der Waals surface area contributed by atoms with Crippen LogP contribution in [-0.4, -0.2) is 29.0 Å². The Morgan fingerprint density at radius 1 is 1.44 bits per heavy atom. The topological polar surface area (TPSA) is 39.1 Å². The van der Waals surface area contributed by atoms with Gasteiger partial charge in [0.1, 0.15) is 0 Å². The third-order valence-electron chi connectivity index (χ3n) is 4.00. The fraction of sp³-hybridized carbons (Fsp3) is 0.786. The van der Waals surface area contributed by atoms with Crippen molar-refractivity contribution in [3.8, 4) is 0 Å². The first-order valence-electron chi connectivity index (χ1n) is 7.01. The molecular weight excluding hydrogens is 226 g/mol. The van der Waals surface area contributed by atoms with Gasteiger partial charge in [0.2, 0.25) is 0 Å². The number of nitrogens with zero attached hydrogens (tertiary/aromatic N) is 2. The van der Waals surface area contributed by atoms with Crippen molar-refractivity contribution in [3.63, 3.8) is 0 Å². The van der Waals surface area contributed by atoms with Crippen molar-refractivity contribution < 1.29 is 4.74 Å². The molecule has 1 fully saturated rings. The van der Waals surface area contributed by atoms with Gasteiger partial charge < -0.3 is 10.1 Å². The van der Waals surface area contributed by atoms with Crippen molar-refractivity contribution in [2.45, 2.75) is 50.7 Å².